The van der Waals surface area contributed by atoms with Crippen molar-refractivity contribution in [1.29, 1.82) is 0 Å². The molecule has 0 aliphatic rings. The van der Waals surface area contributed by atoms with Gasteiger partial charge in [-0.15, -0.1) is 0 Å². The van der Waals surface area contributed by atoms with E-state index >= 15 is 0 Å². The molecule has 0 radical (unpaired) electrons. The van der Waals surface area contributed by atoms with Crippen LogP contribution in [0.15, 0.2) is 147 Å². The van der Waals surface area contributed by atoms with Gasteiger partial charge in [-0.25, -0.2) is 0 Å². The average molecular weight is 551 g/mol. The number of furan rings is 3. The van der Waals surface area contributed by atoms with Crippen LogP contribution in [0.4, 0.5) is 0 Å². The molecule has 0 spiro atoms. The largest absolute Gasteiger partial charge is 0.464 e. The highest BCUT2D eigenvalue weighted by Crippen LogP contribution is 2.48. The van der Waals surface area contributed by atoms with Crippen LogP contribution in [0.1, 0.15) is 0 Å². The van der Waals surface area contributed by atoms with Crippen LogP contribution in [-0.4, -0.2) is 0 Å². The van der Waals surface area contributed by atoms with Crippen LogP contribution in [0.5, 0.6) is 0 Å². The zero-order chi connectivity index (χ0) is 28.1. The minimum Gasteiger partial charge on any atom is -0.464 e. The van der Waals surface area contributed by atoms with Gasteiger partial charge in [-0.1, -0.05) is 84.9 Å². The van der Waals surface area contributed by atoms with Gasteiger partial charge in [0.05, 0.1) is 11.6 Å². The summed E-state index contributed by atoms with van der Waals surface area (Å²) in [4.78, 5) is 0. The minimum atomic E-state index is 0.829. The van der Waals surface area contributed by atoms with Crippen LogP contribution in [0.25, 0.3) is 98.6 Å². The summed E-state index contributed by atoms with van der Waals surface area (Å²) in [6.07, 6.45) is 1.72. The van der Waals surface area contributed by atoms with E-state index in [2.05, 4.69) is 103 Å². The maximum atomic E-state index is 6.50. The molecule has 0 aliphatic carbocycles. The Hall–Kier alpha value is -5.80. The number of rotatable bonds is 2. The monoisotopic (exact) mass is 550 g/mol. The van der Waals surface area contributed by atoms with Gasteiger partial charge in [0.1, 0.15) is 27.9 Å². The van der Waals surface area contributed by atoms with Crippen molar-refractivity contribution in [2.75, 3.05) is 0 Å². The van der Waals surface area contributed by atoms with E-state index in [1.54, 1.807) is 6.26 Å². The molecule has 0 amide bonds. The van der Waals surface area contributed by atoms with E-state index in [0.717, 1.165) is 60.4 Å². The highest BCUT2D eigenvalue weighted by atomic mass is 16.3. The first-order valence-electron chi connectivity index (χ1n) is 14.5. The van der Waals surface area contributed by atoms with Gasteiger partial charge in [0.2, 0.25) is 0 Å². The van der Waals surface area contributed by atoms with Crippen LogP contribution in [0.2, 0.25) is 0 Å². The van der Waals surface area contributed by atoms with Crippen molar-refractivity contribution in [3.8, 4) is 22.3 Å². The summed E-state index contributed by atoms with van der Waals surface area (Å²) in [6.45, 7) is 0. The Labute approximate surface area is 245 Å². The molecule has 0 atom stereocenters. The van der Waals surface area contributed by atoms with Crippen molar-refractivity contribution in [3.05, 3.63) is 134 Å². The summed E-state index contributed by atoms with van der Waals surface area (Å²) < 4.78 is 18.4. The lowest BCUT2D eigenvalue weighted by molar-refractivity contribution is 0.615. The van der Waals surface area contributed by atoms with Crippen molar-refractivity contribution in [3.63, 3.8) is 0 Å². The fourth-order valence-electron chi connectivity index (χ4n) is 7.15. The lowest BCUT2D eigenvalue weighted by Gasteiger charge is -2.18. The summed E-state index contributed by atoms with van der Waals surface area (Å²) in [5, 5.41) is 10.3. The van der Waals surface area contributed by atoms with Gasteiger partial charge in [0.25, 0.3) is 0 Å². The molecule has 0 N–H and O–H groups in total. The molecule has 3 aromatic heterocycles. The smallest absolute Gasteiger partial charge is 0.146 e. The Bertz CT molecular complexity index is 2680. The van der Waals surface area contributed by atoms with Gasteiger partial charge in [-0.05, 0) is 86.3 Å². The standard InChI is InChI=1S/C40H22O3/c1-3-11-27-25(9-1)37(23-16-18-35-32(22-23)24-8-5-6-14-34(24)42-35)26-10-2-4-12-28(26)38(27)30-13-7-15-36-39(30)31-17-19-33-29(20-21-41-33)40(31)43-36/h1-22H. The van der Waals surface area contributed by atoms with Crippen molar-refractivity contribution < 1.29 is 13.3 Å². The molecule has 0 unspecified atom stereocenters. The number of fused-ring (bicyclic) bond motifs is 10. The number of hydrogen-bond donors (Lipinski definition) is 0. The Morgan fingerprint density at radius 1 is 0.372 bits per heavy atom. The topological polar surface area (TPSA) is 39.4 Å². The van der Waals surface area contributed by atoms with Gasteiger partial charge in [0.15, 0.2) is 0 Å². The van der Waals surface area contributed by atoms with Crippen molar-refractivity contribution in [1.82, 2.24) is 0 Å². The van der Waals surface area contributed by atoms with E-state index in [1.807, 2.05) is 24.3 Å². The molecular formula is C40H22O3. The van der Waals surface area contributed by atoms with Crippen molar-refractivity contribution >= 4 is 76.4 Å². The van der Waals surface area contributed by atoms with Crippen LogP contribution in [0.3, 0.4) is 0 Å². The second-order valence-electron chi connectivity index (χ2n) is 11.2. The van der Waals surface area contributed by atoms with E-state index in [0.29, 0.717) is 0 Å². The summed E-state index contributed by atoms with van der Waals surface area (Å²) in [6, 6.07) is 45.0. The highest BCUT2D eigenvalue weighted by Gasteiger charge is 2.21. The summed E-state index contributed by atoms with van der Waals surface area (Å²) >= 11 is 0. The predicted octanol–water partition coefficient (Wildman–Crippen LogP) is 11.9. The normalized spacial score (nSPS) is 12.2. The first-order valence-corrected chi connectivity index (χ1v) is 14.5. The number of para-hydroxylation sites is 1. The molecule has 0 aliphatic heterocycles. The molecule has 0 bridgehead atoms. The third-order valence-corrected chi connectivity index (χ3v) is 8.96. The summed E-state index contributed by atoms with van der Waals surface area (Å²) in [5.74, 6) is 0. The molecule has 43 heavy (non-hydrogen) atoms. The number of hydrogen-bond acceptors (Lipinski definition) is 3. The maximum absolute atomic E-state index is 6.50. The van der Waals surface area contributed by atoms with Crippen LogP contribution >= 0.6 is 0 Å². The zero-order valence-electron chi connectivity index (χ0n) is 22.9. The molecule has 3 nitrogen and oxygen atoms in total. The first-order chi connectivity index (χ1) is 21.3. The van der Waals surface area contributed by atoms with Crippen LogP contribution < -0.4 is 0 Å². The van der Waals surface area contributed by atoms with Crippen molar-refractivity contribution in [2.45, 2.75) is 0 Å². The molecule has 7 aromatic carbocycles. The lowest BCUT2D eigenvalue weighted by atomic mass is 9.84. The fraction of sp³-hybridized carbons (Fsp3) is 0. The van der Waals surface area contributed by atoms with Crippen LogP contribution in [-0.2, 0) is 0 Å². The molecule has 200 valence electrons. The van der Waals surface area contributed by atoms with E-state index in [-0.39, 0.29) is 0 Å². The van der Waals surface area contributed by atoms with Crippen LogP contribution in [0, 0.1) is 0 Å². The molecule has 0 saturated carbocycles. The fourth-order valence-corrected chi connectivity index (χ4v) is 7.15. The molecule has 3 heterocycles. The lowest BCUT2D eigenvalue weighted by Crippen LogP contribution is -1.91. The predicted molar refractivity (Wildman–Crippen MR) is 177 cm³/mol. The third kappa shape index (κ3) is 3.08. The Kier molecular flexibility index (Phi) is 4.45. The molecule has 3 heteroatoms. The van der Waals surface area contributed by atoms with Gasteiger partial charge in [-0.2, -0.15) is 0 Å². The highest BCUT2D eigenvalue weighted by molar-refractivity contribution is 6.27. The molecule has 10 aromatic rings. The molecule has 10 rings (SSSR count). The zero-order valence-corrected chi connectivity index (χ0v) is 22.9. The summed E-state index contributed by atoms with van der Waals surface area (Å²) in [7, 11) is 0. The Morgan fingerprint density at radius 2 is 1.02 bits per heavy atom. The average Bonchev–Trinajstić information content (AvgIpc) is 3.78. The maximum Gasteiger partial charge on any atom is 0.146 e. The minimum absolute atomic E-state index is 0.829. The van der Waals surface area contributed by atoms with Gasteiger partial charge < -0.3 is 13.3 Å². The first kappa shape index (κ1) is 22.8. The molecule has 0 fully saturated rings. The summed E-state index contributed by atoms with van der Waals surface area (Å²) in [5.41, 5.74) is 9.15. The quantitative estimate of drug-likeness (QED) is 0.201. The Morgan fingerprint density at radius 3 is 1.81 bits per heavy atom. The van der Waals surface area contributed by atoms with Gasteiger partial charge >= 0.3 is 0 Å². The van der Waals surface area contributed by atoms with E-state index in [9.17, 15) is 0 Å². The molecule has 0 saturated heterocycles. The third-order valence-electron chi connectivity index (χ3n) is 8.96. The Balaban J connectivity index is 1.34. The SMILES string of the molecule is c1ccc2c(c1)oc1ccc(-c3c4ccccc4c(-c4cccc5oc6c7ccoc7ccc6c45)c4ccccc34)cc12. The van der Waals surface area contributed by atoms with Gasteiger partial charge in [-0.3, -0.25) is 0 Å². The number of benzene rings is 7. The molecular weight excluding hydrogens is 528 g/mol. The van der Waals surface area contributed by atoms with Gasteiger partial charge in [0, 0.05) is 21.5 Å². The second-order valence-corrected chi connectivity index (χ2v) is 11.2. The van der Waals surface area contributed by atoms with E-state index in [4.69, 9.17) is 13.3 Å². The second kappa shape index (κ2) is 8.37. The van der Waals surface area contributed by atoms with E-state index in [1.165, 1.54) is 38.2 Å². The van der Waals surface area contributed by atoms with Crippen molar-refractivity contribution in [2.24, 2.45) is 0 Å². The van der Waals surface area contributed by atoms with E-state index < -0.39 is 0 Å².